The molecule has 2 heterocycles. The average molecular weight is 337 g/mol. The van der Waals surface area contributed by atoms with Gasteiger partial charge >= 0.3 is 11.8 Å². The molecule has 1 N–H and O–H groups in total. The predicted molar refractivity (Wildman–Crippen MR) is 80.8 cm³/mol. The summed E-state index contributed by atoms with van der Waals surface area (Å²) in [5.74, 6) is 0.0590. The number of aromatic nitrogens is 2. The SMILES string of the molecule is COc1cccc(-c2nnc(C(=O)NC3CCS(=O)(=O)C3)o2)c1. The molecule has 3 rings (SSSR count). The molecule has 0 aliphatic carbocycles. The summed E-state index contributed by atoms with van der Waals surface area (Å²) in [6.45, 7) is 0. The van der Waals surface area contributed by atoms with E-state index in [0.29, 0.717) is 17.7 Å². The Morgan fingerprint density at radius 2 is 2.22 bits per heavy atom. The number of nitrogens with one attached hydrogen (secondary N) is 1. The molecule has 122 valence electrons. The predicted octanol–water partition coefficient (Wildman–Crippen LogP) is 0.662. The molecule has 9 heteroatoms. The highest BCUT2D eigenvalue weighted by atomic mass is 32.2. The molecule has 1 fully saturated rings. The number of ether oxygens (including phenoxy) is 1. The topological polar surface area (TPSA) is 111 Å². The van der Waals surface area contributed by atoms with Crippen LogP contribution < -0.4 is 10.1 Å². The molecular weight excluding hydrogens is 322 g/mol. The van der Waals surface area contributed by atoms with Crippen LogP contribution in [0.15, 0.2) is 28.7 Å². The van der Waals surface area contributed by atoms with Crippen molar-refractivity contribution in [2.24, 2.45) is 0 Å². The van der Waals surface area contributed by atoms with E-state index in [1.165, 1.54) is 0 Å². The van der Waals surface area contributed by atoms with Crippen LogP contribution in [0.2, 0.25) is 0 Å². The number of carbonyl (C=O) groups excluding carboxylic acids is 1. The molecular formula is C14H15N3O5S. The highest BCUT2D eigenvalue weighted by Crippen LogP contribution is 2.22. The molecule has 1 aliphatic rings. The second kappa shape index (κ2) is 5.99. The minimum Gasteiger partial charge on any atom is -0.497 e. The number of carbonyl (C=O) groups is 1. The van der Waals surface area contributed by atoms with Crippen LogP contribution in [0.3, 0.4) is 0 Å². The Hall–Kier alpha value is -2.42. The third kappa shape index (κ3) is 3.50. The van der Waals surface area contributed by atoms with Crippen molar-refractivity contribution in [2.75, 3.05) is 18.6 Å². The van der Waals surface area contributed by atoms with Crippen LogP contribution in [0.1, 0.15) is 17.1 Å². The van der Waals surface area contributed by atoms with Gasteiger partial charge in [-0.1, -0.05) is 6.07 Å². The normalized spacial score (nSPS) is 19.4. The second-order valence-corrected chi connectivity index (χ2v) is 7.45. The number of hydrogen-bond donors (Lipinski definition) is 1. The van der Waals surface area contributed by atoms with Gasteiger partial charge in [0, 0.05) is 11.6 Å². The third-order valence-corrected chi connectivity index (χ3v) is 5.27. The molecule has 1 atom stereocenters. The summed E-state index contributed by atoms with van der Waals surface area (Å²) in [7, 11) is -1.52. The lowest BCUT2D eigenvalue weighted by Gasteiger charge is -2.07. The van der Waals surface area contributed by atoms with Gasteiger partial charge in [-0.3, -0.25) is 4.79 Å². The summed E-state index contributed by atoms with van der Waals surface area (Å²) >= 11 is 0. The van der Waals surface area contributed by atoms with E-state index in [1.807, 2.05) is 0 Å². The Kier molecular flexibility index (Phi) is 4.03. The Morgan fingerprint density at radius 3 is 2.91 bits per heavy atom. The summed E-state index contributed by atoms with van der Waals surface area (Å²) < 4.78 is 33.3. The zero-order valence-electron chi connectivity index (χ0n) is 12.4. The molecule has 1 aromatic carbocycles. The summed E-state index contributed by atoms with van der Waals surface area (Å²) in [6, 6.07) is 6.58. The van der Waals surface area contributed by atoms with E-state index in [0.717, 1.165) is 0 Å². The Morgan fingerprint density at radius 1 is 1.39 bits per heavy atom. The van der Waals surface area contributed by atoms with E-state index in [9.17, 15) is 13.2 Å². The number of methoxy groups -OCH3 is 1. The number of sulfone groups is 1. The van der Waals surface area contributed by atoms with Gasteiger partial charge in [0.25, 0.3) is 0 Å². The summed E-state index contributed by atoms with van der Waals surface area (Å²) in [6.07, 6.45) is 0.394. The highest BCUT2D eigenvalue weighted by Gasteiger charge is 2.30. The van der Waals surface area contributed by atoms with Crippen molar-refractivity contribution in [3.05, 3.63) is 30.2 Å². The van der Waals surface area contributed by atoms with Crippen molar-refractivity contribution in [3.8, 4) is 17.2 Å². The zero-order chi connectivity index (χ0) is 16.4. The van der Waals surface area contributed by atoms with Gasteiger partial charge in [-0.25, -0.2) is 8.42 Å². The first-order valence-electron chi connectivity index (χ1n) is 6.96. The summed E-state index contributed by atoms with van der Waals surface area (Å²) in [5, 5.41) is 10.1. The molecule has 0 bridgehead atoms. The fourth-order valence-corrected chi connectivity index (χ4v) is 4.02. The monoisotopic (exact) mass is 337 g/mol. The maximum absolute atomic E-state index is 12.1. The van der Waals surface area contributed by atoms with Crippen molar-refractivity contribution in [2.45, 2.75) is 12.5 Å². The van der Waals surface area contributed by atoms with Crippen LogP contribution in [0, 0.1) is 0 Å². The molecule has 8 nitrogen and oxygen atoms in total. The van der Waals surface area contributed by atoms with Crippen molar-refractivity contribution >= 4 is 15.7 Å². The van der Waals surface area contributed by atoms with Crippen molar-refractivity contribution in [3.63, 3.8) is 0 Å². The number of nitrogens with zero attached hydrogens (tertiary/aromatic N) is 2. The first-order chi connectivity index (χ1) is 11.0. The quantitative estimate of drug-likeness (QED) is 0.872. The molecule has 1 amide bonds. The van der Waals surface area contributed by atoms with Gasteiger partial charge in [0.2, 0.25) is 5.89 Å². The van der Waals surface area contributed by atoms with E-state index >= 15 is 0 Å². The molecule has 0 spiro atoms. The Labute approximate surface area is 132 Å². The first kappa shape index (κ1) is 15.5. The smallest absolute Gasteiger partial charge is 0.309 e. The molecule has 1 aliphatic heterocycles. The zero-order valence-corrected chi connectivity index (χ0v) is 13.2. The highest BCUT2D eigenvalue weighted by molar-refractivity contribution is 7.91. The standard InChI is InChI=1S/C14H15N3O5S/c1-21-11-4-2-3-9(7-11)13-16-17-14(22-13)12(18)15-10-5-6-23(19,20)8-10/h2-4,7,10H,5-6,8H2,1H3,(H,15,18). The molecule has 0 radical (unpaired) electrons. The van der Waals surface area contributed by atoms with Crippen LogP contribution in [0.4, 0.5) is 0 Å². The van der Waals surface area contributed by atoms with Gasteiger partial charge < -0.3 is 14.5 Å². The number of amides is 1. The van der Waals surface area contributed by atoms with Gasteiger partial charge in [-0.15, -0.1) is 10.2 Å². The van der Waals surface area contributed by atoms with Crippen molar-refractivity contribution < 1.29 is 22.4 Å². The van der Waals surface area contributed by atoms with E-state index in [2.05, 4.69) is 15.5 Å². The second-order valence-electron chi connectivity index (χ2n) is 5.22. The van der Waals surface area contributed by atoms with Crippen LogP contribution >= 0.6 is 0 Å². The average Bonchev–Trinajstić information content (AvgIpc) is 3.14. The number of benzene rings is 1. The Balaban J connectivity index is 1.72. The van der Waals surface area contributed by atoms with Gasteiger partial charge in [-0.05, 0) is 24.6 Å². The lowest BCUT2D eigenvalue weighted by atomic mass is 10.2. The molecule has 1 saturated heterocycles. The largest absolute Gasteiger partial charge is 0.497 e. The van der Waals surface area contributed by atoms with Crippen LogP contribution in [-0.4, -0.2) is 49.2 Å². The Bertz CT molecular complexity index is 830. The van der Waals surface area contributed by atoms with E-state index < -0.39 is 21.8 Å². The van der Waals surface area contributed by atoms with Gasteiger partial charge in [0.05, 0.1) is 18.6 Å². The van der Waals surface area contributed by atoms with E-state index in [-0.39, 0.29) is 23.3 Å². The van der Waals surface area contributed by atoms with E-state index in [4.69, 9.17) is 9.15 Å². The number of hydrogen-bond acceptors (Lipinski definition) is 7. The lowest BCUT2D eigenvalue weighted by Crippen LogP contribution is -2.35. The summed E-state index contributed by atoms with van der Waals surface area (Å²) in [4.78, 5) is 12.1. The molecule has 0 saturated carbocycles. The van der Waals surface area contributed by atoms with Crippen molar-refractivity contribution in [1.29, 1.82) is 0 Å². The van der Waals surface area contributed by atoms with Crippen LogP contribution in [-0.2, 0) is 9.84 Å². The molecule has 23 heavy (non-hydrogen) atoms. The third-order valence-electron chi connectivity index (χ3n) is 3.50. The molecule has 1 aromatic heterocycles. The molecule has 1 unspecified atom stereocenters. The van der Waals surface area contributed by atoms with Crippen LogP contribution in [0.25, 0.3) is 11.5 Å². The van der Waals surface area contributed by atoms with Gasteiger partial charge in [0.1, 0.15) is 5.75 Å². The minimum absolute atomic E-state index is 0.0599. The van der Waals surface area contributed by atoms with Crippen molar-refractivity contribution in [1.82, 2.24) is 15.5 Å². The lowest BCUT2D eigenvalue weighted by molar-refractivity contribution is 0.0907. The minimum atomic E-state index is -3.06. The van der Waals surface area contributed by atoms with Gasteiger partial charge in [-0.2, -0.15) is 0 Å². The van der Waals surface area contributed by atoms with Crippen LogP contribution in [0.5, 0.6) is 5.75 Å². The van der Waals surface area contributed by atoms with E-state index in [1.54, 1.807) is 31.4 Å². The maximum atomic E-state index is 12.1. The fourth-order valence-electron chi connectivity index (χ4n) is 2.34. The van der Waals surface area contributed by atoms with Gasteiger partial charge in [0.15, 0.2) is 9.84 Å². The number of rotatable bonds is 4. The first-order valence-corrected chi connectivity index (χ1v) is 8.78. The molecule has 2 aromatic rings. The fraction of sp³-hybridized carbons (Fsp3) is 0.357. The summed E-state index contributed by atoms with van der Waals surface area (Å²) in [5.41, 5.74) is 0.624. The maximum Gasteiger partial charge on any atom is 0.309 e.